The first-order valence-electron chi connectivity index (χ1n) is 7.91. The maximum atomic E-state index is 12.7. The number of nitrogens with zero attached hydrogens (tertiary/aromatic N) is 4. The van der Waals surface area contributed by atoms with Crippen molar-refractivity contribution in [2.75, 3.05) is 33.3 Å². The quantitative estimate of drug-likeness (QED) is 0.739. The average molecular weight is 404 g/mol. The Morgan fingerprint density at radius 2 is 1.85 bits per heavy atom. The molecule has 2 aromatic rings. The summed E-state index contributed by atoms with van der Waals surface area (Å²) >= 11 is 0. The second-order valence-corrected chi connectivity index (χ2v) is 7.60. The predicted octanol–water partition coefficient (Wildman–Crippen LogP) is 0.465. The van der Waals surface area contributed by atoms with Crippen molar-refractivity contribution in [3.63, 3.8) is 0 Å². The molecule has 1 aliphatic heterocycles. The summed E-state index contributed by atoms with van der Waals surface area (Å²) in [7, 11) is -1.95. The molecule has 3 rings (SSSR count). The van der Waals surface area contributed by atoms with Gasteiger partial charge in [-0.3, -0.25) is 4.90 Å². The van der Waals surface area contributed by atoms with Gasteiger partial charge in [0.25, 0.3) is 0 Å². The van der Waals surface area contributed by atoms with Crippen LogP contribution in [0.15, 0.2) is 33.7 Å². The van der Waals surface area contributed by atoms with Crippen LogP contribution in [0, 0.1) is 0 Å². The standard InChI is InChI=1S/C15H21N5O4S.ClH/c1-23-12-2-4-13(5-3-12)25(21,22)20-8-6-19(7-9-20)11-14-17-15(10-16)24-18-14;/h2-5H,6-11,16H2,1H3;1H. The van der Waals surface area contributed by atoms with Crippen molar-refractivity contribution in [1.82, 2.24) is 19.3 Å². The van der Waals surface area contributed by atoms with E-state index in [4.69, 9.17) is 15.0 Å². The van der Waals surface area contributed by atoms with E-state index in [9.17, 15) is 8.42 Å². The molecule has 0 aliphatic carbocycles. The lowest BCUT2D eigenvalue weighted by Crippen LogP contribution is -2.48. The molecule has 0 unspecified atom stereocenters. The molecule has 1 aromatic heterocycles. The minimum Gasteiger partial charge on any atom is -0.497 e. The van der Waals surface area contributed by atoms with Gasteiger partial charge < -0.3 is 15.0 Å². The van der Waals surface area contributed by atoms with Crippen molar-refractivity contribution >= 4 is 22.4 Å². The van der Waals surface area contributed by atoms with E-state index in [-0.39, 0.29) is 23.8 Å². The van der Waals surface area contributed by atoms with Crippen LogP contribution in [0.2, 0.25) is 0 Å². The number of methoxy groups -OCH3 is 1. The normalized spacial score (nSPS) is 16.2. The van der Waals surface area contributed by atoms with Gasteiger partial charge in [-0.25, -0.2) is 8.42 Å². The van der Waals surface area contributed by atoms with Crippen molar-refractivity contribution in [3.05, 3.63) is 36.0 Å². The number of piperazine rings is 1. The van der Waals surface area contributed by atoms with E-state index < -0.39 is 10.0 Å². The van der Waals surface area contributed by atoms with Crippen LogP contribution in [0.1, 0.15) is 11.7 Å². The van der Waals surface area contributed by atoms with Crippen LogP contribution in [0.25, 0.3) is 0 Å². The van der Waals surface area contributed by atoms with E-state index in [0.717, 1.165) is 0 Å². The maximum Gasteiger partial charge on any atom is 0.243 e. The van der Waals surface area contributed by atoms with Crippen LogP contribution in [-0.2, 0) is 23.1 Å². The van der Waals surface area contributed by atoms with Crippen LogP contribution in [0.3, 0.4) is 0 Å². The molecule has 0 atom stereocenters. The van der Waals surface area contributed by atoms with Gasteiger partial charge >= 0.3 is 0 Å². The smallest absolute Gasteiger partial charge is 0.243 e. The van der Waals surface area contributed by atoms with Crippen LogP contribution in [-0.4, -0.2) is 61.1 Å². The third kappa shape index (κ3) is 4.51. The fourth-order valence-electron chi connectivity index (χ4n) is 2.66. The minimum absolute atomic E-state index is 0. The van der Waals surface area contributed by atoms with E-state index >= 15 is 0 Å². The average Bonchev–Trinajstić information content (AvgIpc) is 3.10. The number of sulfonamides is 1. The number of ether oxygens (including phenoxy) is 1. The van der Waals surface area contributed by atoms with Gasteiger partial charge in [0.05, 0.1) is 25.1 Å². The molecule has 26 heavy (non-hydrogen) atoms. The summed E-state index contributed by atoms with van der Waals surface area (Å²) in [5, 5.41) is 3.86. The van der Waals surface area contributed by atoms with Crippen molar-refractivity contribution in [2.24, 2.45) is 5.73 Å². The third-order valence-corrected chi connectivity index (χ3v) is 5.99. The Labute approximate surface area is 158 Å². The maximum absolute atomic E-state index is 12.7. The highest BCUT2D eigenvalue weighted by Crippen LogP contribution is 2.21. The predicted molar refractivity (Wildman–Crippen MR) is 96.5 cm³/mol. The van der Waals surface area contributed by atoms with Crippen molar-refractivity contribution in [1.29, 1.82) is 0 Å². The highest BCUT2D eigenvalue weighted by molar-refractivity contribution is 7.89. The summed E-state index contributed by atoms with van der Waals surface area (Å²) < 4.78 is 37.0. The van der Waals surface area contributed by atoms with E-state index in [1.807, 2.05) is 0 Å². The van der Waals surface area contributed by atoms with Gasteiger partial charge in [-0.1, -0.05) is 5.16 Å². The zero-order valence-electron chi connectivity index (χ0n) is 14.4. The molecular formula is C15H22ClN5O4S. The van der Waals surface area contributed by atoms with Crippen LogP contribution in [0.4, 0.5) is 0 Å². The summed E-state index contributed by atoms with van der Waals surface area (Å²) in [4.78, 5) is 6.53. The lowest BCUT2D eigenvalue weighted by Gasteiger charge is -2.33. The highest BCUT2D eigenvalue weighted by atomic mass is 35.5. The van der Waals surface area contributed by atoms with Gasteiger partial charge in [0.15, 0.2) is 5.82 Å². The molecule has 0 bridgehead atoms. The Bertz CT molecular complexity index is 804. The molecule has 0 radical (unpaired) electrons. The van der Waals surface area contributed by atoms with Gasteiger partial charge in [0.2, 0.25) is 15.9 Å². The monoisotopic (exact) mass is 403 g/mol. The number of hydrogen-bond acceptors (Lipinski definition) is 8. The first-order chi connectivity index (χ1) is 12.0. The molecular weight excluding hydrogens is 382 g/mol. The molecule has 2 N–H and O–H groups in total. The molecule has 144 valence electrons. The van der Waals surface area contributed by atoms with Gasteiger partial charge in [-0.05, 0) is 24.3 Å². The second-order valence-electron chi connectivity index (χ2n) is 5.66. The summed E-state index contributed by atoms with van der Waals surface area (Å²) in [5.74, 6) is 1.59. The highest BCUT2D eigenvalue weighted by Gasteiger charge is 2.28. The molecule has 1 aliphatic rings. The van der Waals surface area contributed by atoms with Crippen LogP contribution < -0.4 is 10.5 Å². The zero-order chi connectivity index (χ0) is 17.9. The molecule has 1 fully saturated rings. The van der Waals surface area contributed by atoms with Crippen LogP contribution >= 0.6 is 12.4 Å². The van der Waals surface area contributed by atoms with Gasteiger partial charge in [-0.15, -0.1) is 12.4 Å². The molecule has 0 saturated carbocycles. The summed E-state index contributed by atoms with van der Waals surface area (Å²) in [5.41, 5.74) is 5.44. The Balaban J connectivity index is 0.00000243. The molecule has 2 heterocycles. The summed E-state index contributed by atoms with van der Waals surface area (Å²) in [6.07, 6.45) is 0. The fraction of sp³-hybridized carbons (Fsp3) is 0.467. The summed E-state index contributed by atoms with van der Waals surface area (Å²) in [6.45, 7) is 2.75. The molecule has 11 heteroatoms. The lowest BCUT2D eigenvalue weighted by molar-refractivity contribution is 0.176. The van der Waals surface area contributed by atoms with Crippen molar-refractivity contribution in [3.8, 4) is 5.75 Å². The molecule has 9 nitrogen and oxygen atoms in total. The number of rotatable bonds is 6. The Morgan fingerprint density at radius 1 is 1.19 bits per heavy atom. The fourth-order valence-corrected chi connectivity index (χ4v) is 4.08. The molecule has 0 spiro atoms. The van der Waals surface area contributed by atoms with Crippen molar-refractivity contribution in [2.45, 2.75) is 18.0 Å². The minimum atomic E-state index is -3.50. The zero-order valence-corrected chi connectivity index (χ0v) is 16.0. The number of benzene rings is 1. The molecule has 1 saturated heterocycles. The Morgan fingerprint density at radius 3 is 2.38 bits per heavy atom. The van der Waals surface area contributed by atoms with Crippen molar-refractivity contribution < 1.29 is 17.7 Å². The van der Waals surface area contributed by atoms with E-state index in [1.54, 1.807) is 31.4 Å². The number of nitrogens with two attached hydrogens (primary N) is 1. The molecule has 0 amide bonds. The van der Waals surface area contributed by atoms with Crippen LogP contribution in [0.5, 0.6) is 5.75 Å². The second kappa shape index (κ2) is 8.78. The number of halogens is 1. The lowest BCUT2D eigenvalue weighted by atomic mass is 10.3. The topological polar surface area (TPSA) is 115 Å². The van der Waals surface area contributed by atoms with E-state index in [2.05, 4.69) is 15.0 Å². The Kier molecular flexibility index (Phi) is 6.95. The number of aromatic nitrogens is 2. The molecule has 1 aromatic carbocycles. The van der Waals surface area contributed by atoms with Gasteiger partial charge in [0.1, 0.15) is 5.75 Å². The number of hydrogen-bond donors (Lipinski definition) is 1. The van der Waals surface area contributed by atoms with Gasteiger partial charge in [0, 0.05) is 26.2 Å². The van der Waals surface area contributed by atoms with E-state index in [1.165, 1.54) is 4.31 Å². The third-order valence-electron chi connectivity index (χ3n) is 4.08. The Hall–Kier alpha value is -1.72. The van der Waals surface area contributed by atoms with Gasteiger partial charge in [-0.2, -0.15) is 9.29 Å². The first kappa shape index (κ1) is 20.6. The SMILES string of the molecule is COc1ccc(S(=O)(=O)N2CCN(Cc3noc(CN)n3)CC2)cc1.Cl. The van der Waals surface area contributed by atoms with E-state index in [0.29, 0.717) is 50.2 Å². The first-order valence-corrected chi connectivity index (χ1v) is 9.35. The largest absolute Gasteiger partial charge is 0.497 e. The summed E-state index contributed by atoms with van der Waals surface area (Å²) in [6, 6.07) is 6.42.